The number of rotatable bonds is 2. The molecule has 0 unspecified atom stereocenters. The number of halogens is 2. The monoisotopic (exact) mass is 317 g/mol. The van der Waals surface area contributed by atoms with Crippen molar-refractivity contribution >= 4 is 33.3 Å². The molecule has 94 valence electrons. The Morgan fingerprint density at radius 3 is 2.94 bits per heavy atom. The minimum Gasteiger partial charge on any atom is -0.355 e. The van der Waals surface area contributed by atoms with Crippen LogP contribution < -0.4 is 4.90 Å². The molecule has 17 heavy (non-hydrogen) atoms. The van der Waals surface area contributed by atoms with Crippen molar-refractivity contribution in [1.82, 2.24) is 9.88 Å². The van der Waals surface area contributed by atoms with Gasteiger partial charge >= 0.3 is 0 Å². The summed E-state index contributed by atoms with van der Waals surface area (Å²) in [5, 5.41) is 0. The molecule has 0 N–H and O–H groups in total. The Morgan fingerprint density at radius 1 is 1.35 bits per heavy atom. The Hall–Kier alpha value is -0.320. The van der Waals surface area contributed by atoms with E-state index in [1.807, 2.05) is 6.20 Å². The molecule has 2 rings (SSSR count). The molecule has 1 aromatic heterocycles. The van der Waals surface area contributed by atoms with Gasteiger partial charge in [-0.1, -0.05) is 0 Å². The van der Waals surface area contributed by atoms with Gasteiger partial charge in [-0.3, -0.25) is 0 Å². The second-order valence-electron chi connectivity index (χ2n) is 4.41. The van der Waals surface area contributed by atoms with E-state index in [1.165, 1.54) is 6.42 Å². The molecule has 0 saturated carbocycles. The molecule has 0 aliphatic carbocycles. The van der Waals surface area contributed by atoms with Crippen LogP contribution in [0.1, 0.15) is 12.0 Å². The second kappa shape index (κ2) is 6.03. The first kappa shape index (κ1) is 13.1. The van der Waals surface area contributed by atoms with E-state index >= 15 is 0 Å². The van der Waals surface area contributed by atoms with Crippen LogP contribution in [0.3, 0.4) is 0 Å². The maximum Gasteiger partial charge on any atom is 0.133 e. The first-order valence-electron chi connectivity index (χ1n) is 5.84. The Labute approximate surface area is 116 Å². The van der Waals surface area contributed by atoms with Gasteiger partial charge in [0.05, 0.1) is 5.88 Å². The number of pyridine rings is 1. The highest BCUT2D eigenvalue weighted by molar-refractivity contribution is 9.10. The summed E-state index contributed by atoms with van der Waals surface area (Å²) in [5.74, 6) is 1.55. The average molecular weight is 319 g/mol. The molecule has 0 spiro atoms. The fourth-order valence-electron chi connectivity index (χ4n) is 2.12. The second-order valence-corrected chi connectivity index (χ2v) is 5.60. The van der Waals surface area contributed by atoms with Crippen LogP contribution in [0.25, 0.3) is 0 Å². The van der Waals surface area contributed by atoms with Crippen LogP contribution in [0.15, 0.2) is 16.7 Å². The molecule has 0 amide bonds. The van der Waals surface area contributed by atoms with Gasteiger partial charge in [-0.15, -0.1) is 11.6 Å². The molecule has 0 aromatic carbocycles. The summed E-state index contributed by atoms with van der Waals surface area (Å²) in [6.07, 6.45) is 3.02. The molecule has 0 bridgehead atoms. The first-order chi connectivity index (χ1) is 8.20. The molecule has 0 atom stereocenters. The Bertz CT molecular complexity index is 386. The van der Waals surface area contributed by atoms with Gasteiger partial charge in [0.25, 0.3) is 0 Å². The molecular formula is C12H17BrClN3. The number of hydrogen-bond donors (Lipinski definition) is 0. The van der Waals surface area contributed by atoms with Crippen LogP contribution >= 0.6 is 27.5 Å². The topological polar surface area (TPSA) is 19.4 Å². The lowest BCUT2D eigenvalue weighted by Gasteiger charge is -2.23. The number of likely N-dealkylation sites (N-methyl/N-ethyl adjacent to an activating group) is 1. The molecule has 2 heterocycles. The predicted molar refractivity (Wildman–Crippen MR) is 75.8 cm³/mol. The zero-order chi connectivity index (χ0) is 12.3. The lowest BCUT2D eigenvalue weighted by atomic mass is 10.2. The summed E-state index contributed by atoms with van der Waals surface area (Å²) in [6.45, 7) is 4.32. The van der Waals surface area contributed by atoms with Crippen molar-refractivity contribution in [3.63, 3.8) is 0 Å². The van der Waals surface area contributed by atoms with E-state index in [0.29, 0.717) is 5.88 Å². The van der Waals surface area contributed by atoms with E-state index in [-0.39, 0.29) is 0 Å². The lowest BCUT2D eigenvalue weighted by molar-refractivity contribution is 0.360. The Morgan fingerprint density at radius 2 is 2.18 bits per heavy atom. The quantitative estimate of drug-likeness (QED) is 0.782. The van der Waals surface area contributed by atoms with E-state index in [4.69, 9.17) is 11.6 Å². The number of hydrogen-bond acceptors (Lipinski definition) is 3. The largest absolute Gasteiger partial charge is 0.355 e. The standard InChI is InChI=1S/C12H17BrClN3/c1-16-3-2-4-17(6-5-16)12-10(8-14)7-11(13)9-15-12/h7,9H,2-6,8H2,1H3. The molecule has 1 aliphatic rings. The van der Waals surface area contributed by atoms with Gasteiger partial charge < -0.3 is 9.80 Å². The Balaban J connectivity index is 2.20. The van der Waals surface area contributed by atoms with E-state index in [9.17, 15) is 0 Å². The average Bonchev–Trinajstić information content (AvgIpc) is 2.54. The molecule has 3 nitrogen and oxygen atoms in total. The molecular weight excluding hydrogens is 302 g/mol. The summed E-state index contributed by atoms with van der Waals surface area (Å²) < 4.78 is 0.990. The van der Waals surface area contributed by atoms with E-state index < -0.39 is 0 Å². The summed E-state index contributed by atoms with van der Waals surface area (Å²) in [7, 11) is 2.17. The highest BCUT2D eigenvalue weighted by Crippen LogP contribution is 2.24. The highest BCUT2D eigenvalue weighted by atomic mass is 79.9. The molecule has 1 fully saturated rings. The zero-order valence-electron chi connectivity index (χ0n) is 9.99. The fourth-order valence-corrected chi connectivity index (χ4v) is 2.69. The van der Waals surface area contributed by atoms with Gasteiger partial charge in [-0.25, -0.2) is 4.98 Å². The number of alkyl halides is 1. The van der Waals surface area contributed by atoms with Crippen molar-refractivity contribution in [2.24, 2.45) is 0 Å². The van der Waals surface area contributed by atoms with Crippen LogP contribution in [0.4, 0.5) is 5.82 Å². The summed E-state index contributed by atoms with van der Waals surface area (Å²) >= 11 is 9.43. The number of nitrogens with zero attached hydrogens (tertiary/aromatic N) is 3. The third-order valence-electron chi connectivity index (χ3n) is 3.07. The fraction of sp³-hybridized carbons (Fsp3) is 0.583. The van der Waals surface area contributed by atoms with Gasteiger partial charge in [0, 0.05) is 35.9 Å². The third kappa shape index (κ3) is 3.33. The van der Waals surface area contributed by atoms with Crippen LogP contribution in [0.5, 0.6) is 0 Å². The van der Waals surface area contributed by atoms with Crippen LogP contribution in [0.2, 0.25) is 0 Å². The van der Waals surface area contributed by atoms with Gasteiger partial charge in [0.2, 0.25) is 0 Å². The molecule has 1 aromatic rings. The summed E-state index contributed by atoms with van der Waals surface area (Å²) in [6, 6.07) is 2.06. The van der Waals surface area contributed by atoms with Gasteiger partial charge in [0.15, 0.2) is 0 Å². The SMILES string of the molecule is CN1CCCN(c2ncc(Br)cc2CCl)CC1. The number of anilines is 1. The summed E-state index contributed by atoms with van der Waals surface area (Å²) in [4.78, 5) is 9.22. The van der Waals surface area contributed by atoms with Crippen molar-refractivity contribution in [2.45, 2.75) is 12.3 Å². The van der Waals surface area contributed by atoms with Crippen molar-refractivity contribution in [1.29, 1.82) is 0 Å². The smallest absolute Gasteiger partial charge is 0.133 e. The van der Waals surface area contributed by atoms with Gasteiger partial charge in [-0.05, 0) is 42.0 Å². The minimum absolute atomic E-state index is 0.508. The highest BCUT2D eigenvalue weighted by Gasteiger charge is 2.16. The van der Waals surface area contributed by atoms with Crippen molar-refractivity contribution in [2.75, 3.05) is 38.1 Å². The maximum absolute atomic E-state index is 5.99. The maximum atomic E-state index is 5.99. The number of aromatic nitrogens is 1. The molecule has 1 saturated heterocycles. The van der Waals surface area contributed by atoms with E-state index in [2.05, 4.69) is 43.8 Å². The van der Waals surface area contributed by atoms with Crippen molar-refractivity contribution in [3.05, 3.63) is 22.3 Å². The van der Waals surface area contributed by atoms with Crippen LogP contribution in [-0.4, -0.2) is 43.1 Å². The molecule has 0 radical (unpaired) electrons. The minimum atomic E-state index is 0.508. The van der Waals surface area contributed by atoms with Crippen molar-refractivity contribution < 1.29 is 0 Å². The zero-order valence-corrected chi connectivity index (χ0v) is 12.3. The van der Waals surface area contributed by atoms with Crippen LogP contribution in [0, 0.1) is 0 Å². The van der Waals surface area contributed by atoms with Gasteiger partial charge in [-0.2, -0.15) is 0 Å². The third-order valence-corrected chi connectivity index (χ3v) is 3.79. The lowest BCUT2D eigenvalue weighted by Crippen LogP contribution is -2.30. The predicted octanol–water partition coefficient (Wildman–Crippen LogP) is 2.72. The van der Waals surface area contributed by atoms with E-state index in [0.717, 1.165) is 42.0 Å². The summed E-state index contributed by atoms with van der Waals surface area (Å²) in [5.41, 5.74) is 1.10. The van der Waals surface area contributed by atoms with Crippen LogP contribution in [-0.2, 0) is 5.88 Å². The molecule has 1 aliphatic heterocycles. The van der Waals surface area contributed by atoms with Gasteiger partial charge in [0.1, 0.15) is 5.82 Å². The first-order valence-corrected chi connectivity index (χ1v) is 7.17. The van der Waals surface area contributed by atoms with E-state index in [1.54, 1.807) is 0 Å². The van der Waals surface area contributed by atoms with Crippen molar-refractivity contribution in [3.8, 4) is 0 Å². The normalized spacial score (nSPS) is 18.2. The Kier molecular flexibility index (Phi) is 4.65. The molecule has 5 heteroatoms.